The standard InChI is InChI=1S/C12H20O7/c1-6(13)19-11(2)4-7(14)12(16)5-8(15)18-10(17-3)9(11)12/h7-10,14-16H,4-5H2,1-3H3. The molecule has 1 heterocycles. The van der Waals surface area contributed by atoms with Gasteiger partial charge in [-0.2, -0.15) is 0 Å². The van der Waals surface area contributed by atoms with E-state index in [4.69, 9.17) is 14.2 Å². The average Bonchev–Trinajstić information content (AvgIpc) is 2.43. The van der Waals surface area contributed by atoms with Crippen molar-refractivity contribution in [2.24, 2.45) is 5.92 Å². The van der Waals surface area contributed by atoms with Crippen LogP contribution in [0, 0.1) is 5.92 Å². The van der Waals surface area contributed by atoms with Crippen LogP contribution in [-0.4, -0.2) is 58.3 Å². The van der Waals surface area contributed by atoms with Gasteiger partial charge in [0, 0.05) is 26.9 Å². The summed E-state index contributed by atoms with van der Waals surface area (Å²) in [7, 11) is 1.36. The van der Waals surface area contributed by atoms with E-state index in [2.05, 4.69) is 0 Å². The van der Waals surface area contributed by atoms with Gasteiger partial charge in [-0.05, 0) is 6.92 Å². The molecule has 0 aromatic heterocycles. The molecule has 0 aromatic carbocycles. The van der Waals surface area contributed by atoms with E-state index >= 15 is 0 Å². The van der Waals surface area contributed by atoms with Crippen LogP contribution in [0.3, 0.4) is 0 Å². The Labute approximate surface area is 111 Å². The van der Waals surface area contributed by atoms with Crippen LogP contribution < -0.4 is 0 Å². The summed E-state index contributed by atoms with van der Waals surface area (Å²) >= 11 is 0. The lowest BCUT2D eigenvalue weighted by Gasteiger charge is -2.46. The fourth-order valence-corrected chi connectivity index (χ4v) is 3.40. The lowest BCUT2D eigenvalue weighted by atomic mass is 9.78. The van der Waals surface area contributed by atoms with Gasteiger partial charge in [0.1, 0.15) is 11.2 Å². The molecule has 1 aliphatic heterocycles. The van der Waals surface area contributed by atoms with Crippen LogP contribution in [0.2, 0.25) is 0 Å². The molecule has 1 saturated heterocycles. The van der Waals surface area contributed by atoms with E-state index in [1.807, 2.05) is 0 Å². The number of carbonyl (C=O) groups is 1. The number of carbonyl (C=O) groups excluding carboxylic acids is 1. The van der Waals surface area contributed by atoms with E-state index in [1.54, 1.807) is 6.92 Å². The Bertz CT molecular complexity index is 373. The second-order valence-corrected chi connectivity index (χ2v) is 5.49. The first-order valence-corrected chi connectivity index (χ1v) is 6.19. The SMILES string of the molecule is COC1OC(O)CC2(O)C(O)CC(C)(OC(C)=O)C12. The normalized spacial score (nSPS) is 49.8. The Morgan fingerprint density at radius 3 is 2.53 bits per heavy atom. The number of ether oxygens (including phenoxy) is 3. The van der Waals surface area contributed by atoms with Crippen molar-refractivity contribution in [3.63, 3.8) is 0 Å². The third-order valence-electron chi connectivity index (χ3n) is 4.05. The van der Waals surface area contributed by atoms with Gasteiger partial charge in [-0.3, -0.25) is 4.79 Å². The second-order valence-electron chi connectivity index (χ2n) is 5.49. The van der Waals surface area contributed by atoms with Crippen LogP contribution in [0.15, 0.2) is 0 Å². The molecule has 6 atom stereocenters. The largest absolute Gasteiger partial charge is 0.459 e. The maximum Gasteiger partial charge on any atom is 0.303 e. The molecule has 0 bridgehead atoms. The first-order valence-electron chi connectivity index (χ1n) is 6.19. The van der Waals surface area contributed by atoms with Crippen molar-refractivity contribution in [1.82, 2.24) is 0 Å². The van der Waals surface area contributed by atoms with Crippen LogP contribution in [-0.2, 0) is 19.0 Å². The predicted octanol–water partition coefficient (Wildman–Crippen LogP) is -0.869. The highest BCUT2D eigenvalue weighted by Gasteiger charge is 2.67. The Kier molecular flexibility index (Phi) is 3.61. The highest BCUT2D eigenvalue weighted by atomic mass is 16.7. The molecule has 0 amide bonds. The predicted molar refractivity (Wildman–Crippen MR) is 61.7 cm³/mol. The minimum absolute atomic E-state index is 0.0592. The molecular formula is C12H20O7. The average molecular weight is 276 g/mol. The number of aliphatic hydroxyl groups is 3. The van der Waals surface area contributed by atoms with Gasteiger partial charge < -0.3 is 29.5 Å². The summed E-state index contributed by atoms with van der Waals surface area (Å²) in [6, 6.07) is 0. The number of methoxy groups -OCH3 is 1. The molecule has 2 aliphatic rings. The van der Waals surface area contributed by atoms with Crippen LogP contribution in [0.1, 0.15) is 26.7 Å². The number of esters is 1. The molecule has 19 heavy (non-hydrogen) atoms. The van der Waals surface area contributed by atoms with Gasteiger partial charge >= 0.3 is 5.97 Å². The molecule has 2 fully saturated rings. The van der Waals surface area contributed by atoms with Gasteiger partial charge in [0.05, 0.1) is 12.0 Å². The minimum atomic E-state index is -1.61. The highest BCUT2D eigenvalue weighted by Crippen LogP contribution is 2.52. The van der Waals surface area contributed by atoms with E-state index in [0.29, 0.717) is 0 Å². The first kappa shape index (κ1) is 14.7. The van der Waals surface area contributed by atoms with E-state index in [9.17, 15) is 20.1 Å². The second kappa shape index (κ2) is 4.68. The van der Waals surface area contributed by atoms with Crippen molar-refractivity contribution in [2.45, 2.75) is 56.6 Å². The number of hydrogen-bond donors (Lipinski definition) is 3. The van der Waals surface area contributed by atoms with E-state index in [0.717, 1.165) is 0 Å². The van der Waals surface area contributed by atoms with Gasteiger partial charge in [0.15, 0.2) is 12.6 Å². The van der Waals surface area contributed by atoms with Gasteiger partial charge in [-0.25, -0.2) is 0 Å². The van der Waals surface area contributed by atoms with E-state index in [1.165, 1.54) is 14.0 Å². The van der Waals surface area contributed by atoms with Crippen molar-refractivity contribution < 1.29 is 34.3 Å². The molecular weight excluding hydrogens is 256 g/mol. The van der Waals surface area contributed by atoms with Crippen molar-refractivity contribution in [3.05, 3.63) is 0 Å². The number of hydrogen-bond acceptors (Lipinski definition) is 7. The maximum atomic E-state index is 11.2. The maximum absolute atomic E-state index is 11.2. The van der Waals surface area contributed by atoms with E-state index < -0.39 is 41.8 Å². The summed E-state index contributed by atoms with van der Waals surface area (Å²) < 4.78 is 15.6. The molecule has 6 unspecified atom stereocenters. The van der Waals surface area contributed by atoms with Crippen LogP contribution >= 0.6 is 0 Å². The molecule has 1 aliphatic carbocycles. The fraction of sp³-hybridized carbons (Fsp3) is 0.917. The molecule has 3 N–H and O–H groups in total. The van der Waals surface area contributed by atoms with E-state index in [-0.39, 0.29) is 12.8 Å². The van der Waals surface area contributed by atoms with Crippen molar-refractivity contribution in [3.8, 4) is 0 Å². The van der Waals surface area contributed by atoms with Crippen LogP contribution in [0.25, 0.3) is 0 Å². The molecule has 1 saturated carbocycles. The zero-order valence-electron chi connectivity index (χ0n) is 11.2. The number of fused-ring (bicyclic) bond motifs is 1. The molecule has 2 rings (SSSR count). The lowest BCUT2D eigenvalue weighted by molar-refractivity contribution is -0.329. The Morgan fingerprint density at radius 2 is 2.00 bits per heavy atom. The van der Waals surface area contributed by atoms with Crippen molar-refractivity contribution in [2.75, 3.05) is 7.11 Å². The summed E-state index contributed by atoms with van der Waals surface area (Å²) in [6.07, 6.45) is -3.42. The van der Waals surface area contributed by atoms with Gasteiger partial charge in [0.2, 0.25) is 0 Å². The summed E-state index contributed by atoms with van der Waals surface area (Å²) in [5, 5.41) is 30.4. The molecule has 0 aromatic rings. The molecule has 110 valence electrons. The number of rotatable bonds is 2. The Morgan fingerprint density at radius 1 is 1.37 bits per heavy atom. The summed E-state index contributed by atoms with van der Waals surface area (Å²) in [5.41, 5.74) is -2.72. The summed E-state index contributed by atoms with van der Waals surface area (Å²) in [5.74, 6) is -1.28. The lowest BCUT2D eigenvalue weighted by Crippen LogP contribution is -2.60. The number of aliphatic hydroxyl groups excluding tert-OH is 2. The smallest absolute Gasteiger partial charge is 0.303 e. The fourth-order valence-electron chi connectivity index (χ4n) is 3.40. The van der Waals surface area contributed by atoms with Gasteiger partial charge in [-0.1, -0.05) is 0 Å². The van der Waals surface area contributed by atoms with Crippen LogP contribution in [0.4, 0.5) is 0 Å². The molecule has 7 heteroatoms. The van der Waals surface area contributed by atoms with Gasteiger partial charge in [-0.15, -0.1) is 0 Å². The van der Waals surface area contributed by atoms with Crippen molar-refractivity contribution >= 4 is 5.97 Å². The first-order chi connectivity index (χ1) is 8.73. The minimum Gasteiger partial charge on any atom is -0.459 e. The van der Waals surface area contributed by atoms with Crippen LogP contribution in [0.5, 0.6) is 0 Å². The highest BCUT2D eigenvalue weighted by molar-refractivity contribution is 5.66. The zero-order valence-corrected chi connectivity index (χ0v) is 11.2. The Balaban J connectivity index is 2.38. The summed E-state index contributed by atoms with van der Waals surface area (Å²) in [4.78, 5) is 11.2. The topological polar surface area (TPSA) is 105 Å². The zero-order chi connectivity index (χ0) is 14.4. The summed E-state index contributed by atoms with van der Waals surface area (Å²) in [6.45, 7) is 2.88. The monoisotopic (exact) mass is 276 g/mol. The Hall–Kier alpha value is -0.730. The third-order valence-corrected chi connectivity index (χ3v) is 4.05. The van der Waals surface area contributed by atoms with Crippen molar-refractivity contribution in [1.29, 1.82) is 0 Å². The quantitative estimate of drug-likeness (QED) is 0.563. The molecule has 7 nitrogen and oxygen atoms in total. The molecule has 0 radical (unpaired) electrons. The third kappa shape index (κ3) is 2.25. The van der Waals surface area contributed by atoms with Gasteiger partial charge in [0.25, 0.3) is 0 Å². The molecule has 0 spiro atoms.